The number of nitrogens with one attached hydrogen (secondary N) is 2. The number of aryl methyl sites for hydroxylation is 2. The lowest BCUT2D eigenvalue weighted by molar-refractivity contribution is 0.0935. The summed E-state index contributed by atoms with van der Waals surface area (Å²) in [4.78, 5) is 20.4. The maximum absolute atomic E-state index is 12.1. The van der Waals surface area contributed by atoms with E-state index >= 15 is 0 Å². The number of hydrogen-bond donors (Lipinski definition) is 2. The van der Waals surface area contributed by atoms with Crippen LogP contribution in [0.25, 0.3) is 0 Å². The Labute approximate surface area is 146 Å². The topological polar surface area (TPSA) is 101 Å². The second-order valence-corrected chi connectivity index (χ2v) is 8.51. The van der Waals surface area contributed by atoms with Crippen LogP contribution in [-0.4, -0.2) is 41.8 Å². The normalized spacial score (nSPS) is 18.7. The zero-order valence-electron chi connectivity index (χ0n) is 14.1. The highest BCUT2D eigenvalue weighted by Gasteiger charge is 2.29. The maximum Gasteiger partial charge on any atom is 0.271 e. The molecule has 132 valence electrons. The Balaban J connectivity index is 1.63. The molecule has 1 unspecified atom stereocenters. The van der Waals surface area contributed by atoms with E-state index in [0.717, 1.165) is 5.69 Å². The van der Waals surface area contributed by atoms with Crippen molar-refractivity contribution >= 4 is 27.2 Å². The second kappa shape index (κ2) is 6.79. The molecule has 0 saturated carbocycles. The van der Waals surface area contributed by atoms with Crippen LogP contribution in [0.5, 0.6) is 0 Å². The van der Waals surface area contributed by atoms with E-state index in [-0.39, 0.29) is 23.2 Å². The molecule has 0 spiro atoms. The Kier molecular flexibility index (Phi) is 4.71. The highest BCUT2D eigenvalue weighted by atomic mass is 32.2. The fourth-order valence-electron chi connectivity index (χ4n) is 2.65. The molecule has 8 heteroatoms. The van der Waals surface area contributed by atoms with Gasteiger partial charge in [0.15, 0.2) is 9.84 Å². The summed E-state index contributed by atoms with van der Waals surface area (Å²) in [5, 5.41) is 5.83. The zero-order valence-corrected chi connectivity index (χ0v) is 14.9. The van der Waals surface area contributed by atoms with Crippen LogP contribution in [-0.2, 0) is 9.84 Å². The van der Waals surface area contributed by atoms with E-state index in [9.17, 15) is 13.2 Å². The summed E-state index contributed by atoms with van der Waals surface area (Å²) in [6.45, 7) is 4.07. The first-order valence-corrected chi connectivity index (χ1v) is 9.82. The van der Waals surface area contributed by atoms with Crippen LogP contribution < -0.4 is 10.6 Å². The van der Waals surface area contributed by atoms with Crippen LogP contribution in [0.15, 0.2) is 30.6 Å². The summed E-state index contributed by atoms with van der Waals surface area (Å²) in [6.07, 6.45) is 3.30. The van der Waals surface area contributed by atoms with E-state index in [2.05, 4.69) is 20.6 Å². The molecule has 1 fully saturated rings. The van der Waals surface area contributed by atoms with Crippen LogP contribution in [0.4, 0.5) is 11.5 Å². The smallest absolute Gasteiger partial charge is 0.271 e. The van der Waals surface area contributed by atoms with Crippen molar-refractivity contribution in [3.63, 3.8) is 0 Å². The molecule has 25 heavy (non-hydrogen) atoms. The fraction of sp³-hybridized carbons (Fsp3) is 0.353. The van der Waals surface area contributed by atoms with Gasteiger partial charge >= 0.3 is 0 Å². The fourth-order valence-corrected chi connectivity index (χ4v) is 4.32. The van der Waals surface area contributed by atoms with Gasteiger partial charge in [-0.15, -0.1) is 0 Å². The molecule has 1 aliphatic heterocycles. The molecular formula is C17H20N4O3S. The van der Waals surface area contributed by atoms with Crippen LogP contribution >= 0.6 is 0 Å². The first-order chi connectivity index (χ1) is 11.8. The number of hydrogen-bond acceptors (Lipinski definition) is 6. The van der Waals surface area contributed by atoms with Gasteiger partial charge in [0.2, 0.25) is 0 Å². The highest BCUT2D eigenvalue weighted by Crippen LogP contribution is 2.18. The molecule has 0 aliphatic carbocycles. The molecule has 7 nitrogen and oxygen atoms in total. The van der Waals surface area contributed by atoms with Gasteiger partial charge in [0.1, 0.15) is 11.5 Å². The van der Waals surface area contributed by atoms with E-state index in [4.69, 9.17) is 0 Å². The largest absolute Gasteiger partial charge is 0.347 e. The number of benzene rings is 1. The van der Waals surface area contributed by atoms with E-state index in [1.807, 2.05) is 32.0 Å². The lowest BCUT2D eigenvalue weighted by Crippen LogP contribution is -2.36. The van der Waals surface area contributed by atoms with Gasteiger partial charge in [-0.3, -0.25) is 4.79 Å². The Hall–Kier alpha value is -2.48. The van der Waals surface area contributed by atoms with Crippen molar-refractivity contribution in [3.05, 3.63) is 47.4 Å². The van der Waals surface area contributed by atoms with Crippen molar-refractivity contribution in [2.24, 2.45) is 0 Å². The van der Waals surface area contributed by atoms with Crippen molar-refractivity contribution in [3.8, 4) is 0 Å². The Morgan fingerprint density at radius 3 is 2.56 bits per heavy atom. The SMILES string of the molecule is Cc1ccc(Nc2cnc(C(=O)NC3CCS(=O)(=O)C3)cn2)cc1C. The Bertz CT molecular complexity index is 895. The summed E-state index contributed by atoms with van der Waals surface area (Å²) in [6, 6.07) is 5.62. The highest BCUT2D eigenvalue weighted by molar-refractivity contribution is 7.91. The molecule has 1 aliphatic rings. The third kappa shape index (κ3) is 4.33. The van der Waals surface area contributed by atoms with Crippen molar-refractivity contribution in [2.75, 3.05) is 16.8 Å². The number of sulfone groups is 1. The van der Waals surface area contributed by atoms with Gasteiger partial charge in [-0.1, -0.05) is 6.07 Å². The number of carbonyl (C=O) groups is 1. The van der Waals surface area contributed by atoms with Crippen molar-refractivity contribution < 1.29 is 13.2 Å². The van der Waals surface area contributed by atoms with Crippen molar-refractivity contribution in [2.45, 2.75) is 26.3 Å². The van der Waals surface area contributed by atoms with Crippen molar-refractivity contribution in [1.82, 2.24) is 15.3 Å². The number of anilines is 2. The van der Waals surface area contributed by atoms with E-state index < -0.39 is 15.7 Å². The van der Waals surface area contributed by atoms with E-state index in [0.29, 0.717) is 12.2 Å². The standard InChI is InChI=1S/C17H20N4O3S/c1-11-3-4-13(7-12(11)2)20-16-9-18-15(8-19-16)17(22)21-14-5-6-25(23,24)10-14/h3-4,7-9,14H,5-6,10H2,1-2H3,(H,19,20)(H,21,22). The van der Waals surface area contributed by atoms with Gasteiger partial charge in [-0.05, 0) is 43.5 Å². The molecular weight excluding hydrogens is 340 g/mol. The third-order valence-corrected chi connectivity index (χ3v) is 6.00. The number of amides is 1. The van der Waals surface area contributed by atoms with Crippen LogP contribution in [0, 0.1) is 13.8 Å². The molecule has 2 N–H and O–H groups in total. The first-order valence-electron chi connectivity index (χ1n) is 8.00. The monoisotopic (exact) mass is 360 g/mol. The minimum Gasteiger partial charge on any atom is -0.347 e. The van der Waals surface area contributed by atoms with Gasteiger partial charge in [0, 0.05) is 11.7 Å². The molecule has 1 amide bonds. The molecule has 0 radical (unpaired) electrons. The second-order valence-electron chi connectivity index (χ2n) is 6.28. The molecule has 3 rings (SSSR count). The molecule has 2 heterocycles. The van der Waals surface area contributed by atoms with E-state index in [1.54, 1.807) is 0 Å². The summed E-state index contributed by atoms with van der Waals surface area (Å²) < 4.78 is 22.9. The van der Waals surface area contributed by atoms with Crippen molar-refractivity contribution in [1.29, 1.82) is 0 Å². The van der Waals surface area contributed by atoms with Gasteiger partial charge < -0.3 is 10.6 Å². The molecule has 1 aromatic heterocycles. The quantitative estimate of drug-likeness (QED) is 0.861. The lowest BCUT2D eigenvalue weighted by atomic mass is 10.1. The minimum atomic E-state index is -3.03. The van der Waals surface area contributed by atoms with E-state index in [1.165, 1.54) is 23.5 Å². The maximum atomic E-state index is 12.1. The number of carbonyl (C=O) groups excluding carboxylic acids is 1. The van der Waals surface area contributed by atoms with Crippen LogP contribution in [0.2, 0.25) is 0 Å². The average Bonchev–Trinajstić information content (AvgIpc) is 2.90. The minimum absolute atomic E-state index is 0.0153. The van der Waals surface area contributed by atoms with Gasteiger partial charge in [0.25, 0.3) is 5.91 Å². The molecule has 1 atom stereocenters. The van der Waals surface area contributed by atoms with Gasteiger partial charge in [0.05, 0.1) is 23.9 Å². The Morgan fingerprint density at radius 2 is 1.96 bits per heavy atom. The van der Waals surface area contributed by atoms with Gasteiger partial charge in [-0.25, -0.2) is 18.4 Å². The van der Waals surface area contributed by atoms with Gasteiger partial charge in [-0.2, -0.15) is 0 Å². The molecule has 1 saturated heterocycles. The van der Waals surface area contributed by atoms with Crippen LogP contribution in [0.3, 0.4) is 0 Å². The van der Waals surface area contributed by atoms with Crippen LogP contribution in [0.1, 0.15) is 28.0 Å². The molecule has 0 bridgehead atoms. The lowest BCUT2D eigenvalue weighted by Gasteiger charge is -2.11. The zero-order chi connectivity index (χ0) is 18.0. The third-order valence-electron chi connectivity index (χ3n) is 4.23. The number of nitrogens with zero attached hydrogens (tertiary/aromatic N) is 2. The summed E-state index contributed by atoms with van der Waals surface area (Å²) in [7, 11) is -3.03. The summed E-state index contributed by atoms with van der Waals surface area (Å²) >= 11 is 0. The Morgan fingerprint density at radius 1 is 1.16 bits per heavy atom. The first kappa shape index (κ1) is 17.3. The predicted octanol–water partition coefficient (Wildman–Crippen LogP) is 1.75. The summed E-state index contributed by atoms with van der Waals surface area (Å²) in [5.41, 5.74) is 3.43. The average molecular weight is 360 g/mol. The molecule has 1 aromatic carbocycles. The molecule has 2 aromatic rings. The number of rotatable bonds is 4. The summed E-state index contributed by atoms with van der Waals surface area (Å²) in [5.74, 6) is 0.219. The number of aromatic nitrogens is 2. The predicted molar refractivity (Wildman–Crippen MR) is 95.8 cm³/mol.